The Kier molecular flexibility index (Phi) is 6.98. The van der Waals surface area contributed by atoms with Crippen molar-refractivity contribution in [3.63, 3.8) is 0 Å². The molecule has 1 N–H and O–H groups in total. The summed E-state index contributed by atoms with van der Waals surface area (Å²) in [5.41, 5.74) is 3.90. The fourth-order valence-electron chi connectivity index (χ4n) is 2.94. The second-order valence-electron chi connectivity index (χ2n) is 6.81. The molecule has 146 valence electrons. The van der Waals surface area contributed by atoms with E-state index in [0.717, 1.165) is 23.8 Å². The van der Waals surface area contributed by atoms with Crippen LogP contribution < -0.4 is 5.32 Å². The number of guanidine groups is 1. The Morgan fingerprint density at radius 2 is 2.00 bits per heavy atom. The smallest absolute Gasteiger partial charge is 0.337 e. The predicted octanol–water partition coefficient (Wildman–Crippen LogP) is 2.54. The van der Waals surface area contributed by atoms with E-state index in [-0.39, 0.29) is 5.97 Å². The maximum atomic E-state index is 11.5. The van der Waals surface area contributed by atoms with Gasteiger partial charge in [-0.3, -0.25) is 9.67 Å². The van der Waals surface area contributed by atoms with E-state index in [0.29, 0.717) is 18.0 Å². The van der Waals surface area contributed by atoms with Crippen LogP contribution in [0.3, 0.4) is 0 Å². The summed E-state index contributed by atoms with van der Waals surface area (Å²) in [4.78, 5) is 18.0. The van der Waals surface area contributed by atoms with E-state index >= 15 is 0 Å². The van der Waals surface area contributed by atoms with Crippen LogP contribution in [0.15, 0.2) is 35.5 Å². The molecule has 0 aliphatic heterocycles. The molecule has 0 unspecified atom stereocenters. The van der Waals surface area contributed by atoms with Crippen molar-refractivity contribution < 1.29 is 9.53 Å². The number of methoxy groups -OCH3 is 1. The van der Waals surface area contributed by atoms with Gasteiger partial charge < -0.3 is 15.0 Å². The van der Waals surface area contributed by atoms with E-state index < -0.39 is 0 Å². The lowest BCUT2D eigenvalue weighted by Crippen LogP contribution is -2.38. The fraction of sp³-hybridized carbons (Fsp3) is 0.450. The molecule has 0 spiro atoms. The van der Waals surface area contributed by atoms with E-state index in [1.165, 1.54) is 12.7 Å². The van der Waals surface area contributed by atoms with Crippen LogP contribution in [0.25, 0.3) is 0 Å². The van der Waals surface area contributed by atoms with Crippen molar-refractivity contribution in [2.24, 2.45) is 12.0 Å². The van der Waals surface area contributed by atoms with E-state index in [4.69, 9.17) is 4.74 Å². The molecule has 7 nitrogen and oxygen atoms in total. The van der Waals surface area contributed by atoms with Crippen LogP contribution in [0.1, 0.15) is 46.9 Å². The quantitative estimate of drug-likeness (QED) is 0.480. The third kappa shape index (κ3) is 5.32. The third-order valence-electron chi connectivity index (χ3n) is 4.29. The average Bonchev–Trinajstić information content (AvgIpc) is 3.02. The van der Waals surface area contributed by atoms with Crippen LogP contribution in [-0.2, 0) is 24.9 Å². The van der Waals surface area contributed by atoms with E-state index in [9.17, 15) is 4.79 Å². The molecule has 0 aliphatic rings. The number of rotatable bonds is 6. The van der Waals surface area contributed by atoms with Gasteiger partial charge in [-0.25, -0.2) is 4.79 Å². The monoisotopic (exact) mass is 371 g/mol. The van der Waals surface area contributed by atoms with Crippen molar-refractivity contribution in [3.05, 3.63) is 52.8 Å². The van der Waals surface area contributed by atoms with Crippen LogP contribution >= 0.6 is 0 Å². The van der Waals surface area contributed by atoms with Crippen LogP contribution in [0, 0.1) is 0 Å². The molecule has 0 fully saturated rings. The predicted molar refractivity (Wildman–Crippen MR) is 107 cm³/mol. The van der Waals surface area contributed by atoms with Gasteiger partial charge in [-0.1, -0.05) is 26.0 Å². The normalized spacial score (nSPS) is 11.6. The van der Waals surface area contributed by atoms with Gasteiger partial charge in [-0.05, 0) is 23.6 Å². The second-order valence-corrected chi connectivity index (χ2v) is 6.81. The number of aliphatic imine (C=N–C) groups is 1. The molecule has 0 atom stereocenters. The maximum absolute atomic E-state index is 11.5. The van der Waals surface area contributed by atoms with Crippen molar-refractivity contribution >= 4 is 11.9 Å². The number of carbonyl (C=O) groups excluding carboxylic acids is 1. The Hall–Kier alpha value is -2.83. The Balaban J connectivity index is 2.00. The fourth-order valence-corrected chi connectivity index (χ4v) is 2.94. The summed E-state index contributed by atoms with van der Waals surface area (Å²) in [5.74, 6) is 0.839. The first-order valence-corrected chi connectivity index (χ1v) is 8.97. The number of esters is 1. The molecular weight excluding hydrogens is 342 g/mol. The van der Waals surface area contributed by atoms with Gasteiger partial charge in [0.1, 0.15) is 0 Å². The van der Waals surface area contributed by atoms with Gasteiger partial charge in [0.15, 0.2) is 5.96 Å². The minimum absolute atomic E-state index is 0.331. The number of nitrogens with one attached hydrogen (secondary N) is 1. The largest absolute Gasteiger partial charge is 0.465 e. The summed E-state index contributed by atoms with van der Waals surface area (Å²) in [6.07, 6.45) is 2.06. The summed E-state index contributed by atoms with van der Waals surface area (Å²) in [6.45, 7) is 5.64. The molecule has 27 heavy (non-hydrogen) atoms. The van der Waals surface area contributed by atoms with Gasteiger partial charge in [-0.15, -0.1) is 0 Å². The summed E-state index contributed by atoms with van der Waals surface area (Å²) in [5, 5.41) is 7.92. The zero-order valence-corrected chi connectivity index (χ0v) is 17.0. The highest BCUT2D eigenvalue weighted by Gasteiger charge is 2.15. The Labute approximate surface area is 161 Å². The molecule has 1 aromatic carbocycles. The highest BCUT2D eigenvalue weighted by atomic mass is 16.5. The number of aromatic nitrogens is 2. The van der Waals surface area contributed by atoms with Crippen molar-refractivity contribution in [1.29, 1.82) is 0 Å². The van der Waals surface area contributed by atoms with E-state index in [1.807, 2.05) is 30.9 Å². The van der Waals surface area contributed by atoms with Crippen LogP contribution in [0.4, 0.5) is 0 Å². The molecule has 0 bridgehead atoms. The highest BCUT2D eigenvalue weighted by Crippen LogP contribution is 2.18. The van der Waals surface area contributed by atoms with Gasteiger partial charge in [-0.2, -0.15) is 5.10 Å². The molecule has 1 heterocycles. The molecular formula is C20H29N5O2. The third-order valence-corrected chi connectivity index (χ3v) is 4.29. The van der Waals surface area contributed by atoms with Crippen LogP contribution in [0.2, 0.25) is 0 Å². The number of benzene rings is 1. The van der Waals surface area contributed by atoms with Gasteiger partial charge in [0.2, 0.25) is 0 Å². The van der Waals surface area contributed by atoms with Crippen molar-refractivity contribution in [1.82, 2.24) is 20.0 Å². The number of hydrogen-bond acceptors (Lipinski definition) is 4. The lowest BCUT2D eigenvalue weighted by Gasteiger charge is -2.22. The van der Waals surface area contributed by atoms with Crippen LogP contribution in [0.5, 0.6) is 0 Å². The SMILES string of the molecule is CN=C(NCc1ccc(C(=O)OC)cc1)N(C)Cc1cn(C)nc1C(C)C. The summed E-state index contributed by atoms with van der Waals surface area (Å²) in [6, 6.07) is 7.34. The average molecular weight is 371 g/mol. The number of ether oxygens (including phenoxy) is 1. The standard InChI is InChI=1S/C20H29N5O2/c1-14(2)18-17(13-25(5)23-18)12-24(4)20(21-3)22-11-15-7-9-16(10-8-15)19(26)27-6/h7-10,13-14H,11-12H2,1-6H3,(H,21,22). The minimum Gasteiger partial charge on any atom is -0.465 e. The lowest BCUT2D eigenvalue weighted by molar-refractivity contribution is 0.0600. The first kappa shape index (κ1) is 20.5. The Bertz CT molecular complexity index is 793. The zero-order valence-electron chi connectivity index (χ0n) is 17.0. The molecule has 0 radical (unpaired) electrons. The number of aryl methyl sites for hydroxylation is 1. The van der Waals surface area contributed by atoms with Crippen molar-refractivity contribution in [2.75, 3.05) is 21.2 Å². The molecule has 0 saturated carbocycles. The number of carbonyl (C=O) groups is 1. The maximum Gasteiger partial charge on any atom is 0.337 e. The van der Waals surface area contributed by atoms with Gasteiger partial charge in [0, 0.05) is 46.0 Å². The van der Waals surface area contributed by atoms with Crippen molar-refractivity contribution in [2.45, 2.75) is 32.9 Å². The molecule has 0 amide bonds. The van der Waals surface area contributed by atoms with E-state index in [2.05, 4.69) is 40.4 Å². The minimum atomic E-state index is -0.331. The molecule has 2 aromatic rings. The van der Waals surface area contributed by atoms with Crippen molar-refractivity contribution in [3.8, 4) is 0 Å². The van der Waals surface area contributed by atoms with Gasteiger partial charge in [0.05, 0.1) is 18.4 Å². The van der Waals surface area contributed by atoms with Gasteiger partial charge in [0.25, 0.3) is 0 Å². The summed E-state index contributed by atoms with van der Waals surface area (Å²) >= 11 is 0. The zero-order chi connectivity index (χ0) is 20.0. The molecule has 0 aliphatic carbocycles. The van der Waals surface area contributed by atoms with Gasteiger partial charge >= 0.3 is 5.97 Å². The first-order chi connectivity index (χ1) is 12.8. The molecule has 2 rings (SSSR count). The summed E-state index contributed by atoms with van der Waals surface area (Å²) in [7, 11) is 7.10. The molecule has 1 aromatic heterocycles. The Morgan fingerprint density at radius 3 is 2.56 bits per heavy atom. The molecule has 7 heteroatoms. The van der Waals surface area contributed by atoms with E-state index in [1.54, 1.807) is 19.2 Å². The Morgan fingerprint density at radius 1 is 1.33 bits per heavy atom. The molecule has 0 saturated heterocycles. The first-order valence-electron chi connectivity index (χ1n) is 8.97. The lowest BCUT2D eigenvalue weighted by atomic mass is 10.1. The summed E-state index contributed by atoms with van der Waals surface area (Å²) < 4.78 is 6.58. The number of hydrogen-bond donors (Lipinski definition) is 1. The van der Waals surface area contributed by atoms with Crippen LogP contribution in [-0.4, -0.2) is 47.8 Å². The number of nitrogens with zero attached hydrogens (tertiary/aromatic N) is 4. The highest BCUT2D eigenvalue weighted by molar-refractivity contribution is 5.89. The second kappa shape index (κ2) is 9.21. The topological polar surface area (TPSA) is 71.8 Å².